The molecule has 0 bridgehead atoms. The van der Waals surface area contributed by atoms with Gasteiger partial charge in [0.1, 0.15) is 13.2 Å². The van der Waals surface area contributed by atoms with E-state index in [4.69, 9.17) is 0 Å². The van der Waals surface area contributed by atoms with Crippen molar-refractivity contribution >= 4 is 16.1 Å². The summed E-state index contributed by atoms with van der Waals surface area (Å²) < 4.78 is 31.0. The van der Waals surface area contributed by atoms with Crippen LogP contribution in [-0.4, -0.2) is 32.3 Å². The van der Waals surface area contributed by atoms with Gasteiger partial charge in [-0.25, -0.2) is 4.79 Å². The largest absolute Gasteiger partial charge is 0.460 e. The van der Waals surface area contributed by atoms with Crippen molar-refractivity contribution < 1.29 is 22.1 Å². The van der Waals surface area contributed by atoms with Crippen LogP contribution in [0.25, 0.3) is 0 Å². The summed E-state index contributed by atoms with van der Waals surface area (Å²) in [5.41, 5.74) is 0. The third kappa shape index (κ3) is 4.94. The summed E-state index contributed by atoms with van der Waals surface area (Å²) in [6.45, 7) is 7.48. The fraction of sp³-hybridized carbons (Fsp3) is 0.667. The molecule has 88 valence electrons. The van der Waals surface area contributed by atoms with Crippen molar-refractivity contribution in [3.8, 4) is 0 Å². The maximum absolute atomic E-state index is 11.4. The van der Waals surface area contributed by atoms with E-state index in [2.05, 4.69) is 15.5 Å². The number of ether oxygens (including phenoxy) is 1. The fourth-order valence-corrected chi connectivity index (χ4v) is 1.16. The minimum Gasteiger partial charge on any atom is -0.460 e. The van der Waals surface area contributed by atoms with E-state index < -0.39 is 20.8 Å². The molecule has 0 aliphatic rings. The van der Waals surface area contributed by atoms with E-state index in [9.17, 15) is 13.2 Å². The van der Waals surface area contributed by atoms with Gasteiger partial charge < -0.3 is 4.74 Å². The molecule has 15 heavy (non-hydrogen) atoms. The topological polar surface area (TPSA) is 69.7 Å². The Morgan fingerprint density at radius 2 is 1.87 bits per heavy atom. The summed E-state index contributed by atoms with van der Waals surface area (Å²) >= 11 is 0. The van der Waals surface area contributed by atoms with Crippen LogP contribution < -0.4 is 0 Å². The fourth-order valence-electron chi connectivity index (χ4n) is 0.522. The van der Waals surface area contributed by atoms with Gasteiger partial charge in [0.15, 0.2) is 0 Å². The minimum atomic E-state index is -3.62. The summed E-state index contributed by atoms with van der Waals surface area (Å²) in [5, 5.41) is 0. The van der Waals surface area contributed by atoms with Crippen molar-refractivity contribution in [2.45, 2.75) is 25.5 Å². The van der Waals surface area contributed by atoms with Crippen LogP contribution in [0.4, 0.5) is 0 Å². The predicted octanol–water partition coefficient (Wildman–Crippen LogP) is 0.861. The van der Waals surface area contributed by atoms with Crippen LogP contribution in [-0.2, 0) is 23.8 Å². The highest BCUT2D eigenvalue weighted by Crippen LogP contribution is 2.16. The van der Waals surface area contributed by atoms with Crippen LogP contribution in [0.3, 0.4) is 0 Å². The van der Waals surface area contributed by atoms with E-state index in [0.717, 1.165) is 6.08 Å². The molecule has 0 aromatic heterocycles. The number of hydrogen-bond donors (Lipinski definition) is 0. The molecule has 0 saturated heterocycles. The highest BCUT2D eigenvalue weighted by atomic mass is 32.2. The lowest BCUT2D eigenvalue weighted by atomic mass is 10.3. The number of carbonyl (C=O) groups is 1. The molecule has 0 fully saturated rings. The van der Waals surface area contributed by atoms with E-state index >= 15 is 0 Å². The Morgan fingerprint density at radius 1 is 1.33 bits per heavy atom. The highest BCUT2D eigenvalue weighted by Gasteiger charge is 2.29. The highest BCUT2D eigenvalue weighted by molar-refractivity contribution is 7.88. The van der Waals surface area contributed by atoms with Gasteiger partial charge in [0, 0.05) is 6.08 Å². The third-order valence-electron chi connectivity index (χ3n) is 1.48. The standard InChI is InChI=1S/C9H16O5S/c1-5-8(10)13-6-7-14-15(11,12)9(2,3)4/h5H,1,6-7H2,2-4H3. The van der Waals surface area contributed by atoms with E-state index in [1.165, 1.54) is 20.8 Å². The first kappa shape index (κ1) is 14.1. The van der Waals surface area contributed by atoms with E-state index in [0.29, 0.717) is 0 Å². The molecule has 0 heterocycles. The number of carbonyl (C=O) groups excluding carboxylic acids is 1. The molecule has 0 atom stereocenters. The van der Waals surface area contributed by atoms with Gasteiger partial charge in [-0.05, 0) is 20.8 Å². The minimum absolute atomic E-state index is 0.111. The van der Waals surface area contributed by atoms with Crippen molar-refractivity contribution in [2.75, 3.05) is 13.2 Å². The SMILES string of the molecule is C=CC(=O)OCCOS(=O)(=O)C(C)(C)C. The van der Waals surface area contributed by atoms with E-state index in [-0.39, 0.29) is 13.2 Å². The van der Waals surface area contributed by atoms with Gasteiger partial charge >= 0.3 is 5.97 Å². The molecule has 0 N–H and O–H groups in total. The van der Waals surface area contributed by atoms with Crippen molar-refractivity contribution in [1.29, 1.82) is 0 Å². The van der Waals surface area contributed by atoms with Crippen LogP contribution in [0.2, 0.25) is 0 Å². The van der Waals surface area contributed by atoms with E-state index in [1.54, 1.807) is 0 Å². The lowest BCUT2D eigenvalue weighted by molar-refractivity contribution is -0.138. The molecule has 0 radical (unpaired) electrons. The molecular weight excluding hydrogens is 220 g/mol. The summed E-state index contributed by atoms with van der Waals surface area (Å²) in [5.74, 6) is -0.605. The predicted molar refractivity (Wildman–Crippen MR) is 55.8 cm³/mol. The smallest absolute Gasteiger partial charge is 0.330 e. The first-order valence-electron chi connectivity index (χ1n) is 4.39. The summed E-state index contributed by atoms with van der Waals surface area (Å²) in [6.07, 6.45) is 0.998. The van der Waals surface area contributed by atoms with Crippen molar-refractivity contribution in [2.24, 2.45) is 0 Å². The molecule has 0 amide bonds. The number of hydrogen-bond acceptors (Lipinski definition) is 5. The Bertz CT molecular complexity index is 323. The van der Waals surface area contributed by atoms with E-state index in [1.807, 2.05) is 0 Å². The Balaban J connectivity index is 3.98. The maximum atomic E-state index is 11.4. The van der Waals surface area contributed by atoms with Crippen LogP contribution >= 0.6 is 0 Å². The molecular formula is C9H16O5S. The molecule has 0 rings (SSSR count). The summed E-state index contributed by atoms with van der Waals surface area (Å²) in [7, 11) is -3.62. The van der Waals surface area contributed by atoms with Crippen molar-refractivity contribution in [3.05, 3.63) is 12.7 Å². The molecule has 0 spiro atoms. The van der Waals surface area contributed by atoms with Crippen LogP contribution in [0.5, 0.6) is 0 Å². The monoisotopic (exact) mass is 236 g/mol. The molecule has 0 aromatic carbocycles. The summed E-state index contributed by atoms with van der Waals surface area (Å²) in [4.78, 5) is 10.6. The maximum Gasteiger partial charge on any atom is 0.330 e. The van der Waals surface area contributed by atoms with Gasteiger partial charge in [0.2, 0.25) is 0 Å². The zero-order valence-electron chi connectivity index (χ0n) is 9.15. The average molecular weight is 236 g/mol. The lowest BCUT2D eigenvalue weighted by Gasteiger charge is -2.18. The normalized spacial score (nSPS) is 12.2. The third-order valence-corrected chi connectivity index (χ3v) is 3.46. The molecule has 0 aliphatic carbocycles. The molecule has 5 nitrogen and oxygen atoms in total. The van der Waals surface area contributed by atoms with Crippen LogP contribution in [0.15, 0.2) is 12.7 Å². The second-order valence-electron chi connectivity index (χ2n) is 3.76. The summed E-state index contributed by atoms with van der Waals surface area (Å²) in [6, 6.07) is 0. The van der Waals surface area contributed by atoms with Crippen LogP contribution in [0, 0.1) is 0 Å². The molecule has 0 unspecified atom stereocenters. The zero-order valence-corrected chi connectivity index (χ0v) is 9.96. The zero-order chi connectivity index (χ0) is 12.1. The molecule has 6 heteroatoms. The number of esters is 1. The lowest BCUT2D eigenvalue weighted by Crippen LogP contribution is -2.30. The van der Waals surface area contributed by atoms with Crippen molar-refractivity contribution in [3.63, 3.8) is 0 Å². The first-order valence-corrected chi connectivity index (χ1v) is 5.79. The van der Waals surface area contributed by atoms with Gasteiger partial charge in [-0.2, -0.15) is 8.42 Å². The number of rotatable bonds is 5. The quantitative estimate of drug-likeness (QED) is 0.306. The second kappa shape index (κ2) is 5.27. The molecule has 0 aromatic rings. The van der Waals surface area contributed by atoms with Gasteiger partial charge in [0.05, 0.1) is 4.75 Å². The van der Waals surface area contributed by atoms with Gasteiger partial charge in [-0.15, -0.1) is 0 Å². The Labute approximate surface area is 90.2 Å². The van der Waals surface area contributed by atoms with Crippen LogP contribution in [0.1, 0.15) is 20.8 Å². The Morgan fingerprint density at radius 3 is 2.27 bits per heavy atom. The molecule has 0 saturated carbocycles. The van der Waals surface area contributed by atoms with Gasteiger partial charge in [-0.3, -0.25) is 4.18 Å². The second-order valence-corrected chi connectivity index (χ2v) is 6.13. The molecule has 0 aliphatic heterocycles. The van der Waals surface area contributed by atoms with Gasteiger partial charge in [-0.1, -0.05) is 6.58 Å². The Hall–Kier alpha value is -0.880. The van der Waals surface area contributed by atoms with Gasteiger partial charge in [0.25, 0.3) is 10.1 Å². The average Bonchev–Trinajstić information content (AvgIpc) is 2.10. The Kier molecular flexibility index (Phi) is 4.96. The first-order chi connectivity index (χ1) is 6.70. The van der Waals surface area contributed by atoms with Crippen molar-refractivity contribution in [1.82, 2.24) is 0 Å².